The lowest BCUT2D eigenvalue weighted by atomic mass is 10.1. The maximum atomic E-state index is 12.8. The molecule has 9 heteroatoms. The van der Waals surface area contributed by atoms with Crippen LogP contribution in [-0.4, -0.2) is 44.9 Å². The second-order valence-corrected chi connectivity index (χ2v) is 6.83. The number of amides is 2. The largest absolute Gasteiger partial charge is 0.513 e. The molecule has 0 fully saturated rings. The van der Waals surface area contributed by atoms with Crippen LogP contribution in [0.2, 0.25) is 0 Å². The summed E-state index contributed by atoms with van der Waals surface area (Å²) in [4.78, 5) is 37.9. The van der Waals surface area contributed by atoms with Gasteiger partial charge in [0.2, 0.25) is 0 Å². The highest BCUT2D eigenvalue weighted by Crippen LogP contribution is 2.36. The summed E-state index contributed by atoms with van der Waals surface area (Å²) in [5, 5.41) is 5.73. The molecule has 1 aliphatic rings. The van der Waals surface area contributed by atoms with Gasteiger partial charge in [0.05, 0.1) is 26.1 Å². The molecule has 0 aromatic heterocycles. The molecule has 3 aromatic rings. The number of nitrogens with zero attached hydrogens (tertiary/aromatic N) is 2. The van der Waals surface area contributed by atoms with Crippen molar-refractivity contribution >= 4 is 40.6 Å². The predicted molar refractivity (Wildman–Crippen MR) is 117 cm³/mol. The zero-order valence-corrected chi connectivity index (χ0v) is 17.3. The van der Waals surface area contributed by atoms with Gasteiger partial charge in [-0.1, -0.05) is 24.3 Å². The van der Waals surface area contributed by atoms with Crippen molar-refractivity contribution in [3.63, 3.8) is 0 Å². The van der Waals surface area contributed by atoms with E-state index < -0.39 is 12.1 Å². The average molecular weight is 433 g/mol. The average Bonchev–Trinajstić information content (AvgIpc) is 3.07. The van der Waals surface area contributed by atoms with E-state index in [1.807, 2.05) is 30.3 Å². The number of methoxy groups -OCH3 is 2. The van der Waals surface area contributed by atoms with Crippen LogP contribution < -0.4 is 19.8 Å². The Labute approximate surface area is 183 Å². The molecule has 0 atom stereocenters. The van der Waals surface area contributed by atoms with Crippen LogP contribution in [0.5, 0.6) is 11.5 Å². The number of benzene rings is 3. The molecule has 4 rings (SSSR count). The van der Waals surface area contributed by atoms with Crippen molar-refractivity contribution in [2.75, 3.05) is 25.7 Å². The zero-order valence-electron chi connectivity index (χ0n) is 17.3. The number of hydrazone groups is 1. The molecule has 0 aliphatic carbocycles. The lowest BCUT2D eigenvalue weighted by Crippen LogP contribution is -2.37. The predicted octanol–water partition coefficient (Wildman–Crippen LogP) is 3.10. The number of hydrogen-bond acceptors (Lipinski definition) is 7. The molecule has 0 saturated heterocycles. The molecule has 2 amide bonds. The van der Waals surface area contributed by atoms with Crippen molar-refractivity contribution < 1.29 is 28.6 Å². The molecule has 0 saturated carbocycles. The lowest BCUT2D eigenvalue weighted by molar-refractivity contribution is -0.119. The Morgan fingerprint density at radius 2 is 1.84 bits per heavy atom. The van der Waals surface area contributed by atoms with E-state index >= 15 is 0 Å². The van der Waals surface area contributed by atoms with Crippen molar-refractivity contribution in [2.24, 2.45) is 5.10 Å². The summed E-state index contributed by atoms with van der Waals surface area (Å²) in [6.07, 6.45) is 0.537. The summed E-state index contributed by atoms with van der Waals surface area (Å²) in [5.74, 6) is -0.195. The first-order valence-electron chi connectivity index (χ1n) is 9.61. The van der Waals surface area contributed by atoms with Gasteiger partial charge in [-0.3, -0.25) is 14.5 Å². The Balaban J connectivity index is 1.42. The summed E-state index contributed by atoms with van der Waals surface area (Å²) in [5.41, 5.74) is 4.29. The quantitative estimate of drug-likeness (QED) is 0.277. The third-order valence-electron chi connectivity index (χ3n) is 4.90. The second kappa shape index (κ2) is 8.76. The van der Waals surface area contributed by atoms with Crippen LogP contribution in [0.15, 0.2) is 59.7 Å². The number of rotatable bonds is 6. The van der Waals surface area contributed by atoms with Crippen LogP contribution in [0.3, 0.4) is 0 Å². The number of carbonyl (C=O) groups excluding carboxylic acids is 3. The Bertz CT molecular complexity index is 1250. The van der Waals surface area contributed by atoms with Crippen molar-refractivity contribution in [3.05, 3.63) is 65.7 Å². The highest BCUT2D eigenvalue weighted by atomic mass is 16.7. The van der Waals surface area contributed by atoms with E-state index in [0.717, 1.165) is 10.8 Å². The van der Waals surface area contributed by atoms with Gasteiger partial charge in [0.25, 0.3) is 11.8 Å². The van der Waals surface area contributed by atoms with E-state index in [2.05, 4.69) is 15.3 Å². The Kier molecular flexibility index (Phi) is 5.71. The van der Waals surface area contributed by atoms with Crippen molar-refractivity contribution in [2.45, 2.75) is 0 Å². The van der Waals surface area contributed by atoms with Gasteiger partial charge in [0.15, 0.2) is 11.5 Å². The molecule has 0 radical (unpaired) electrons. The van der Waals surface area contributed by atoms with Gasteiger partial charge in [-0.05, 0) is 41.3 Å². The fourth-order valence-electron chi connectivity index (χ4n) is 3.47. The molecular formula is C23H19N3O6. The number of anilines is 1. The molecule has 0 bridgehead atoms. The molecular weight excluding hydrogens is 414 g/mol. The molecule has 3 aromatic carbocycles. The molecule has 1 heterocycles. The maximum absolute atomic E-state index is 12.8. The van der Waals surface area contributed by atoms with Crippen LogP contribution >= 0.6 is 0 Å². The molecule has 0 unspecified atom stereocenters. The summed E-state index contributed by atoms with van der Waals surface area (Å²) in [6.45, 7) is -0.167. The van der Waals surface area contributed by atoms with Gasteiger partial charge >= 0.3 is 6.16 Å². The third kappa shape index (κ3) is 3.95. The van der Waals surface area contributed by atoms with Crippen LogP contribution in [0.1, 0.15) is 15.9 Å². The van der Waals surface area contributed by atoms with Crippen LogP contribution in [-0.2, 0) is 9.53 Å². The Morgan fingerprint density at radius 3 is 2.59 bits per heavy atom. The molecule has 32 heavy (non-hydrogen) atoms. The van der Waals surface area contributed by atoms with Gasteiger partial charge < -0.3 is 14.2 Å². The first kappa shape index (κ1) is 20.9. The van der Waals surface area contributed by atoms with Gasteiger partial charge in [-0.15, -0.1) is 0 Å². The van der Waals surface area contributed by atoms with E-state index in [1.54, 1.807) is 18.2 Å². The molecule has 0 spiro atoms. The molecule has 1 aliphatic heterocycles. The fourth-order valence-corrected chi connectivity index (χ4v) is 3.47. The number of hydrogen-bond donors (Lipinski definition) is 1. The van der Waals surface area contributed by atoms with E-state index in [-0.39, 0.29) is 18.2 Å². The third-order valence-corrected chi connectivity index (χ3v) is 4.90. The monoisotopic (exact) mass is 433 g/mol. The van der Waals surface area contributed by atoms with Crippen LogP contribution in [0, 0.1) is 0 Å². The first-order chi connectivity index (χ1) is 15.5. The second-order valence-electron chi connectivity index (χ2n) is 6.83. The normalized spacial score (nSPS) is 12.3. The van der Waals surface area contributed by atoms with Gasteiger partial charge in [0.1, 0.15) is 6.54 Å². The van der Waals surface area contributed by atoms with Gasteiger partial charge in [0, 0.05) is 10.9 Å². The van der Waals surface area contributed by atoms with E-state index in [1.165, 1.54) is 31.4 Å². The number of nitrogens with one attached hydrogen (secondary N) is 1. The molecule has 1 N–H and O–H groups in total. The highest BCUT2D eigenvalue weighted by molar-refractivity contribution is 6.26. The van der Waals surface area contributed by atoms with Gasteiger partial charge in [-0.25, -0.2) is 10.2 Å². The topological polar surface area (TPSA) is 107 Å². The molecule has 9 nitrogen and oxygen atoms in total. The minimum atomic E-state index is -0.869. The highest BCUT2D eigenvalue weighted by Gasteiger charge is 2.30. The minimum Gasteiger partial charge on any atom is -0.493 e. The summed E-state index contributed by atoms with van der Waals surface area (Å²) in [6, 6.07) is 15.8. The summed E-state index contributed by atoms with van der Waals surface area (Å²) >= 11 is 0. The smallest absolute Gasteiger partial charge is 0.493 e. The standard InChI is InChI=1S/C23H19N3O6/c1-30-19-11-14(9-10-18(19)32-23(29)31-2)12-24-25-20(27)13-26-17-8-4-6-15-5-3-7-16(21(15)17)22(26)28/h3-12H,13H2,1-2H3,(H,25,27)/b24-12+. The minimum absolute atomic E-state index is 0.167. The zero-order chi connectivity index (χ0) is 22.7. The first-order valence-corrected chi connectivity index (χ1v) is 9.61. The Morgan fingerprint density at radius 1 is 1.06 bits per heavy atom. The van der Waals surface area contributed by atoms with E-state index in [9.17, 15) is 14.4 Å². The van der Waals surface area contributed by atoms with Crippen molar-refractivity contribution in [3.8, 4) is 11.5 Å². The van der Waals surface area contributed by atoms with E-state index in [0.29, 0.717) is 22.6 Å². The van der Waals surface area contributed by atoms with Crippen molar-refractivity contribution in [1.82, 2.24) is 5.43 Å². The molecule has 162 valence electrons. The number of carbonyl (C=O) groups is 3. The lowest BCUT2D eigenvalue weighted by Gasteiger charge is -2.16. The van der Waals surface area contributed by atoms with Gasteiger partial charge in [-0.2, -0.15) is 5.10 Å². The summed E-state index contributed by atoms with van der Waals surface area (Å²) in [7, 11) is 2.63. The Hall–Kier alpha value is -4.40. The number of ether oxygens (including phenoxy) is 3. The van der Waals surface area contributed by atoms with E-state index in [4.69, 9.17) is 9.47 Å². The maximum Gasteiger partial charge on any atom is 0.513 e. The van der Waals surface area contributed by atoms with Crippen LogP contribution in [0.25, 0.3) is 10.8 Å². The SMILES string of the molecule is COC(=O)Oc1ccc(/C=N/NC(=O)CN2C(=O)c3cccc4cccc2c34)cc1OC. The summed E-state index contributed by atoms with van der Waals surface area (Å²) < 4.78 is 14.6. The fraction of sp³-hybridized carbons (Fsp3) is 0.130. The van der Waals surface area contributed by atoms with Crippen molar-refractivity contribution in [1.29, 1.82) is 0 Å². The van der Waals surface area contributed by atoms with Crippen LogP contribution in [0.4, 0.5) is 10.5 Å².